The van der Waals surface area contributed by atoms with E-state index in [-0.39, 0.29) is 5.97 Å². The molecule has 0 bridgehead atoms. The van der Waals surface area contributed by atoms with Crippen LogP contribution in [-0.4, -0.2) is 23.0 Å². The van der Waals surface area contributed by atoms with Gasteiger partial charge in [0.25, 0.3) is 0 Å². The average Bonchev–Trinajstić information content (AvgIpc) is 2.82. The Morgan fingerprint density at radius 2 is 2.26 bits per heavy atom. The third kappa shape index (κ3) is 3.42. The van der Waals surface area contributed by atoms with Crippen molar-refractivity contribution in [3.8, 4) is 0 Å². The minimum Gasteiger partial charge on any atom is -0.469 e. The van der Waals surface area contributed by atoms with Gasteiger partial charge in [-0.1, -0.05) is 18.5 Å². The van der Waals surface area contributed by atoms with Crippen molar-refractivity contribution in [1.29, 1.82) is 0 Å². The molecule has 2 aromatic rings. The molecule has 0 saturated heterocycles. The summed E-state index contributed by atoms with van der Waals surface area (Å²) in [6.45, 7) is 2.10. The van der Waals surface area contributed by atoms with Crippen LogP contribution in [0.1, 0.15) is 30.5 Å². The van der Waals surface area contributed by atoms with Crippen molar-refractivity contribution in [3.05, 3.63) is 21.9 Å². The van der Waals surface area contributed by atoms with Gasteiger partial charge in [0.2, 0.25) is 0 Å². The molecule has 0 unspecified atom stereocenters. The van der Waals surface area contributed by atoms with E-state index >= 15 is 0 Å². The minimum absolute atomic E-state index is 0.212. The Hall–Kier alpha value is -1.20. The van der Waals surface area contributed by atoms with Crippen LogP contribution in [0, 0.1) is 0 Å². The lowest BCUT2D eigenvalue weighted by Gasteiger charge is -2.01. The molecule has 0 amide bonds. The third-order valence-electron chi connectivity index (χ3n) is 2.80. The molecule has 0 saturated carbocycles. The van der Waals surface area contributed by atoms with Gasteiger partial charge in [-0.15, -0.1) is 11.3 Å². The number of thiophene rings is 1. The van der Waals surface area contributed by atoms with Gasteiger partial charge in [-0.3, -0.25) is 4.79 Å². The Balaban J connectivity index is 2.13. The Bertz CT molecular complexity index is 598. The van der Waals surface area contributed by atoms with E-state index in [0.717, 1.165) is 16.6 Å². The number of ether oxygens (including phenoxy) is 1. The Kier molecular flexibility index (Phi) is 4.71. The highest BCUT2D eigenvalue weighted by atomic mass is 35.5. The summed E-state index contributed by atoms with van der Waals surface area (Å²) in [5.74, 6) is 0.475. The number of fused-ring (bicyclic) bond motifs is 1. The number of hydrogen-bond donors (Lipinski definition) is 0. The summed E-state index contributed by atoms with van der Waals surface area (Å²) in [6, 6.07) is 2.04. The van der Waals surface area contributed by atoms with Crippen LogP contribution in [-0.2, 0) is 22.4 Å². The third-order valence-corrected chi connectivity index (χ3v) is 4.26. The number of rotatable bonds is 5. The SMILES string of the molecule is CCc1cc2c(Cl)nc(CCCC(=O)OC)nc2s1. The second kappa shape index (κ2) is 6.30. The predicted octanol–water partition coefficient (Wildman–Crippen LogP) is 3.40. The normalized spacial score (nSPS) is 10.9. The molecular formula is C13H15ClN2O2S. The molecule has 0 spiro atoms. The molecule has 0 aliphatic rings. The van der Waals surface area contributed by atoms with E-state index in [0.29, 0.717) is 30.2 Å². The van der Waals surface area contributed by atoms with Gasteiger partial charge in [0, 0.05) is 23.1 Å². The minimum atomic E-state index is -0.212. The van der Waals surface area contributed by atoms with Crippen molar-refractivity contribution in [3.63, 3.8) is 0 Å². The molecule has 0 aromatic carbocycles. The zero-order valence-electron chi connectivity index (χ0n) is 10.9. The van der Waals surface area contributed by atoms with Gasteiger partial charge < -0.3 is 4.74 Å². The molecule has 0 atom stereocenters. The number of aromatic nitrogens is 2. The first kappa shape index (κ1) is 14.2. The van der Waals surface area contributed by atoms with Crippen molar-refractivity contribution in [2.45, 2.75) is 32.6 Å². The highest BCUT2D eigenvalue weighted by Crippen LogP contribution is 2.29. The summed E-state index contributed by atoms with van der Waals surface area (Å²) in [7, 11) is 1.39. The molecule has 0 aliphatic carbocycles. The van der Waals surface area contributed by atoms with E-state index in [4.69, 9.17) is 11.6 Å². The molecule has 2 heterocycles. The molecule has 2 rings (SSSR count). The van der Waals surface area contributed by atoms with Crippen LogP contribution in [0.25, 0.3) is 10.2 Å². The molecular weight excluding hydrogens is 284 g/mol. The van der Waals surface area contributed by atoms with E-state index < -0.39 is 0 Å². The summed E-state index contributed by atoms with van der Waals surface area (Å²) >= 11 is 7.81. The molecule has 2 aromatic heterocycles. The molecule has 6 heteroatoms. The monoisotopic (exact) mass is 298 g/mol. The lowest BCUT2D eigenvalue weighted by atomic mass is 10.2. The van der Waals surface area contributed by atoms with Crippen LogP contribution in [0.15, 0.2) is 6.07 Å². The number of methoxy groups -OCH3 is 1. The standard InChI is InChI=1S/C13H15ClN2O2S/c1-3-8-7-9-12(14)15-10(16-13(9)19-8)5-4-6-11(17)18-2/h7H,3-6H2,1-2H3. The first-order chi connectivity index (χ1) is 9.13. The number of carbonyl (C=O) groups excluding carboxylic acids is 1. The first-order valence-corrected chi connectivity index (χ1v) is 7.35. The number of esters is 1. The van der Waals surface area contributed by atoms with Gasteiger partial charge in [0.1, 0.15) is 15.8 Å². The van der Waals surface area contributed by atoms with Crippen molar-refractivity contribution in [1.82, 2.24) is 9.97 Å². The smallest absolute Gasteiger partial charge is 0.305 e. The van der Waals surface area contributed by atoms with Crippen LogP contribution < -0.4 is 0 Å². The van der Waals surface area contributed by atoms with E-state index in [1.54, 1.807) is 11.3 Å². The quantitative estimate of drug-likeness (QED) is 0.627. The maximum absolute atomic E-state index is 11.0. The Labute approximate surface area is 120 Å². The van der Waals surface area contributed by atoms with Gasteiger partial charge in [-0.25, -0.2) is 9.97 Å². The van der Waals surface area contributed by atoms with E-state index in [9.17, 15) is 4.79 Å². The van der Waals surface area contributed by atoms with Gasteiger partial charge in [0.05, 0.1) is 7.11 Å². The Morgan fingerprint density at radius 1 is 1.47 bits per heavy atom. The van der Waals surface area contributed by atoms with Gasteiger partial charge >= 0.3 is 5.97 Å². The van der Waals surface area contributed by atoms with Gasteiger partial charge in [-0.05, 0) is 18.9 Å². The summed E-state index contributed by atoms with van der Waals surface area (Å²) in [5, 5.41) is 1.41. The summed E-state index contributed by atoms with van der Waals surface area (Å²) in [5.41, 5.74) is 0. The number of nitrogens with zero attached hydrogens (tertiary/aromatic N) is 2. The van der Waals surface area contributed by atoms with Crippen molar-refractivity contribution in [2.75, 3.05) is 7.11 Å². The topological polar surface area (TPSA) is 52.1 Å². The number of halogens is 1. The molecule has 0 radical (unpaired) electrons. The second-order valence-corrected chi connectivity index (χ2v) is 5.62. The van der Waals surface area contributed by atoms with Gasteiger partial charge in [-0.2, -0.15) is 0 Å². The second-order valence-electron chi connectivity index (χ2n) is 4.15. The number of carbonyl (C=O) groups is 1. The van der Waals surface area contributed by atoms with Crippen LogP contribution in [0.3, 0.4) is 0 Å². The highest BCUT2D eigenvalue weighted by molar-refractivity contribution is 7.18. The van der Waals surface area contributed by atoms with Crippen LogP contribution in [0.5, 0.6) is 0 Å². The molecule has 19 heavy (non-hydrogen) atoms. The fourth-order valence-electron chi connectivity index (χ4n) is 1.76. The molecule has 0 fully saturated rings. The van der Waals surface area contributed by atoms with Gasteiger partial charge in [0.15, 0.2) is 0 Å². The lowest BCUT2D eigenvalue weighted by Crippen LogP contribution is -2.02. The summed E-state index contributed by atoms with van der Waals surface area (Å²) < 4.78 is 4.60. The maximum atomic E-state index is 11.0. The highest BCUT2D eigenvalue weighted by Gasteiger charge is 2.10. The average molecular weight is 299 g/mol. The zero-order chi connectivity index (χ0) is 13.8. The van der Waals surface area contributed by atoms with E-state index in [2.05, 4.69) is 21.6 Å². The van der Waals surface area contributed by atoms with E-state index in [1.807, 2.05) is 6.07 Å². The first-order valence-electron chi connectivity index (χ1n) is 6.15. The molecule has 0 N–H and O–H groups in total. The molecule has 102 valence electrons. The Morgan fingerprint density at radius 3 is 2.95 bits per heavy atom. The fourth-order valence-corrected chi connectivity index (χ4v) is 3.04. The van der Waals surface area contributed by atoms with Crippen LogP contribution >= 0.6 is 22.9 Å². The van der Waals surface area contributed by atoms with Crippen molar-refractivity contribution >= 4 is 39.1 Å². The number of aryl methyl sites for hydroxylation is 2. The fraction of sp³-hybridized carbons (Fsp3) is 0.462. The zero-order valence-corrected chi connectivity index (χ0v) is 12.5. The van der Waals surface area contributed by atoms with E-state index in [1.165, 1.54) is 12.0 Å². The predicted molar refractivity (Wildman–Crippen MR) is 76.8 cm³/mol. The lowest BCUT2D eigenvalue weighted by molar-refractivity contribution is -0.140. The van der Waals surface area contributed by atoms with Crippen molar-refractivity contribution in [2.24, 2.45) is 0 Å². The van der Waals surface area contributed by atoms with Crippen molar-refractivity contribution < 1.29 is 9.53 Å². The maximum Gasteiger partial charge on any atom is 0.305 e. The summed E-state index contributed by atoms with van der Waals surface area (Å²) in [4.78, 5) is 22.0. The molecule has 4 nitrogen and oxygen atoms in total. The van der Waals surface area contributed by atoms with Crippen LogP contribution in [0.4, 0.5) is 0 Å². The number of hydrogen-bond acceptors (Lipinski definition) is 5. The van der Waals surface area contributed by atoms with Crippen LogP contribution in [0.2, 0.25) is 5.15 Å². The molecule has 0 aliphatic heterocycles. The summed E-state index contributed by atoms with van der Waals surface area (Å²) in [6.07, 6.45) is 2.64. The largest absolute Gasteiger partial charge is 0.469 e.